The molecule has 0 bridgehead atoms. The maximum absolute atomic E-state index is 4.74. The summed E-state index contributed by atoms with van der Waals surface area (Å²) >= 11 is 0. The first-order chi connectivity index (χ1) is 12.0. The summed E-state index contributed by atoms with van der Waals surface area (Å²) in [5.74, 6) is 1.42. The van der Waals surface area contributed by atoms with E-state index in [1.807, 2.05) is 24.6 Å². The number of aryl methyl sites for hydroxylation is 1. The molecule has 0 amide bonds. The summed E-state index contributed by atoms with van der Waals surface area (Å²) in [7, 11) is 0. The maximum atomic E-state index is 4.74. The maximum Gasteiger partial charge on any atom is 0.142 e. The quantitative estimate of drug-likeness (QED) is 0.739. The summed E-state index contributed by atoms with van der Waals surface area (Å²) in [6.45, 7) is 9.77. The van der Waals surface area contributed by atoms with Crippen LogP contribution in [0, 0.1) is 12.8 Å². The minimum atomic E-state index is 0.235. The molecular weight excluding hydrogens is 308 g/mol. The van der Waals surface area contributed by atoms with Crippen molar-refractivity contribution in [2.75, 3.05) is 11.9 Å². The molecule has 4 nitrogen and oxygen atoms in total. The van der Waals surface area contributed by atoms with Crippen LogP contribution in [0.25, 0.3) is 0 Å². The van der Waals surface area contributed by atoms with Gasteiger partial charge in [-0.15, -0.1) is 0 Å². The summed E-state index contributed by atoms with van der Waals surface area (Å²) in [5, 5.41) is 8.09. The third-order valence-corrected chi connectivity index (χ3v) is 4.63. The first-order valence-corrected chi connectivity index (χ1v) is 8.89. The van der Waals surface area contributed by atoms with Crippen LogP contribution in [-0.2, 0) is 0 Å². The van der Waals surface area contributed by atoms with E-state index in [0.29, 0.717) is 10.5 Å². The Morgan fingerprint density at radius 3 is 2.36 bits per heavy atom. The number of nitrogens with one attached hydrogen (secondary N) is 1. The van der Waals surface area contributed by atoms with E-state index >= 15 is 0 Å². The van der Waals surface area contributed by atoms with Crippen molar-refractivity contribution in [2.24, 2.45) is 11.0 Å². The Bertz CT molecular complexity index is 745. The van der Waals surface area contributed by atoms with E-state index in [1.54, 1.807) is 0 Å². The van der Waals surface area contributed by atoms with Crippen LogP contribution in [0.2, 0.25) is 0 Å². The molecule has 0 spiro atoms. The summed E-state index contributed by atoms with van der Waals surface area (Å²) in [4.78, 5) is 4.60. The van der Waals surface area contributed by atoms with Crippen LogP contribution in [0.1, 0.15) is 37.9 Å². The molecule has 1 aromatic heterocycles. The van der Waals surface area contributed by atoms with Gasteiger partial charge in [0.1, 0.15) is 24.6 Å². The molecule has 3 rings (SSSR count). The van der Waals surface area contributed by atoms with Gasteiger partial charge < -0.3 is 5.32 Å². The topological polar surface area (TPSA) is 37.3 Å². The summed E-state index contributed by atoms with van der Waals surface area (Å²) < 4.78 is 0.615. The number of benzene rings is 1. The van der Waals surface area contributed by atoms with Gasteiger partial charge in [-0.2, -0.15) is 4.59 Å². The molecular formula is C21H27N4+. The molecule has 1 aromatic carbocycles. The normalized spacial score (nSPS) is 20.2. The Hall–Kier alpha value is -2.46. The highest BCUT2D eigenvalue weighted by molar-refractivity contribution is 5.71. The van der Waals surface area contributed by atoms with Crippen LogP contribution in [0.5, 0.6) is 0 Å². The molecule has 0 saturated heterocycles. The fraction of sp³-hybridized carbons (Fsp3) is 0.333. The molecule has 0 radical (unpaired) electrons. The highest BCUT2D eigenvalue weighted by Crippen LogP contribution is 2.33. The van der Waals surface area contributed by atoms with Crippen molar-refractivity contribution in [1.82, 2.24) is 4.98 Å². The lowest BCUT2D eigenvalue weighted by atomic mass is 10.1. The molecule has 1 N–H and O–H groups in total. The second-order valence-electron chi connectivity index (χ2n) is 7.21. The zero-order valence-electron chi connectivity index (χ0n) is 15.5. The van der Waals surface area contributed by atoms with Crippen LogP contribution in [0.15, 0.2) is 60.0 Å². The third-order valence-electron chi connectivity index (χ3n) is 4.63. The Labute approximate surface area is 150 Å². The van der Waals surface area contributed by atoms with Crippen LogP contribution < -0.4 is 5.32 Å². The van der Waals surface area contributed by atoms with Crippen LogP contribution >= 0.6 is 0 Å². The molecule has 2 aromatic rings. The summed E-state index contributed by atoms with van der Waals surface area (Å²) in [6, 6.07) is 12.8. The molecule has 0 saturated carbocycles. The van der Waals surface area contributed by atoms with Crippen LogP contribution in [-0.4, -0.2) is 22.3 Å². The number of quaternary nitrogens is 1. The van der Waals surface area contributed by atoms with E-state index in [0.717, 1.165) is 18.1 Å². The van der Waals surface area contributed by atoms with Gasteiger partial charge in [0.05, 0.1) is 6.21 Å². The zero-order valence-corrected chi connectivity index (χ0v) is 15.5. The molecule has 130 valence electrons. The van der Waals surface area contributed by atoms with Gasteiger partial charge in [0.15, 0.2) is 0 Å². The third kappa shape index (κ3) is 3.97. The van der Waals surface area contributed by atoms with Crippen molar-refractivity contribution in [3.8, 4) is 0 Å². The Balaban J connectivity index is 1.76. The Morgan fingerprint density at radius 1 is 1.04 bits per heavy atom. The zero-order chi connectivity index (χ0) is 17.9. The minimum absolute atomic E-state index is 0.235. The smallest absolute Gasteiger partial charge is 0.142 e. The number of pyridine rings is 1. The van der Waals surface area contributed by atoms with E-state index in [4.69, 9.17) is 5.10 Å². The fourth-order valence-electron chi connectivity index (χ4n) is 3.24. The Kier molecular flexibility index (Phi) is 5.00. The van der Waals surface area contributed by atoms with E-state index in [-0.39, 0.29) is 6.04 Å². The number of nitrogens with zero attached hydrogens (tertiary/aromatic N) is 3. The van der Waals surface area contributed by atoms with Crippen molar-refractivity contribution in [2.45, 2.75) is 33.7 Å². The number of aromatic nitrogens is 1. The molecule has 1 aliphatic rings. The molecule has 2 heterocycles. The van der Waals surface area contributed by atoms with E-state index in [1.165, 1.54) is 11.1 Å². The van der Waals surface area contributed by atoms with Gasteiger partial charge in [-0.1, -0.05) is 36.6 Å². The predicted octanol–water partition coefficient (Wildman–Crippen LogP) is 5.18. The predicted molar refractivity (Wildman–Crippen MR) is 105 cm³/mol. The van der Waals surface area contributed by atoms with Crippen molar-refractivity contribution in [3.63, 3.8) is 0 Å². The largest absolute Gasteiger partial charge is 0.340 e. The average Bonchev–Trinajstić information content (AvgIpc) is 3.06. The van der Waals surface area contributed by atoms with Gasteiger partial charge in [-0.25, -0.2) is 4.98 Å². The number of hydrogen-bond donors (Lipinski definition) is 1. The van der Waals surface area contributed by atoms with Crippen molar-refractivity contribution in [1.29, 1.82) is 0 Å². The first-order valence-electron chi connectivity index (χ1n) is 8.89. The molecule has 25 heavy (non-hydrogen) atoms. The molecule has 0 fully saturated rings. The molecule has 4 heteroatoms. The molecule has 2 atom stereocenters. The molecule has 1 aliphatic heterocycles. The highest BCUT2D eigenvalue weighted by atomic mass is 15.6. The van der Waals surface area contributed by atoms with Crippen LogP contribution in [0.4, 0.5) is 11.5 Å². The van der Waals surface area contributed by atoms with Gasteiger partial charge in [0, 0.05) is 29.4 Å². The molecule has 0 aliphatic carbocycles. The van der Waals surface area contributed by atoms with E-state index in [9.17, 15) is 0 Å². The van der Waals surface area contributed by atoms with Gasteiger partial charge in [0.25, 0.3) is 0 Å². The fourth-order valence-corrected chi connectivity index (χ4v) is 3.24. The van der Waals surface area contributed by atoms with Gasteiger partial charge in [-0.05, 0) is 38.1 Å². The number of hydrogen-bond acceptors (Lipinski definition) is 3. The summed E-state index contributed by atoms with van der Waals surface area (Å²) in [5.41, 5.74) is 3.49. The standard InChI is InChI=1S/C21H27N4/c1-16(2)15-25(13-5-12-23-25)18(4)19-8-11-21(22-14-19)24-20-9-6-17(3)7-10-20/h5-14,16,18H,15H2,1-4H3,(H,22,24)/q+1. The molecule has 2 unspecified atom stereocenters. The van der Waals surface area contributed by atoms with E-state index < -0.39 is 0 Å². The number of anilines is 2. The van der Waals surface area contributed by atoms with Gasteiger partial charge in [-0.3, -0.25) is 0 Å². The lowest BCUT2D eigenvalue weighted by molar-refractivity contribution is -0.915. The van der Waals surface area contributed by atoms with Crippen molar-refractivity contribution >= 4 is 17.7 Å². The second-order valence-corrected chi connectivity index (χ2v) is 7.21. The minimum Gasteiger partial charge on any atom is -0.340 e. The Morgan fingerprint density at radius 2 is 1.80 bits per heavy atom. The van der Waals surface area contributed by atoms with Gasteiger partial charge in [0.2, 0.25) is 0 Å². The van der Waals surface area contributed by atoms with Gasteiger partial charge >= 0.3 is 0 Å². The number of allylic oxidation sites excluding steroid dienone is 1. The van der Waals surface area contributed by atoms with Crippen molar-refractivity contribution in [3.05, 3.63) is 66.0 Å². The van der Waals surface area contributed by atoms with Crippen molar-refractivity contribution < 1.29 is 4.59 Å². The average molecular weight is 335 g/mol. The monoisotopic (exact) mass is 335 g/mol. The lowest BCUT2D eigenvalue weighted by Crippen LogP contribution is -2.41. The second kappa shape index (κ2) is 7.19. The summed E-state index contributed by atoms with van der Waals surface area (Å²) in [6.07, 6.45) is 8.09. The lowest BCUT2D eigenvalue weighted by Gasteiger charge is -2.33. The number of rotatable bonds is 6. The highest BCUT2D eigenvalue weighted by Gasteiger charge is 2.36. The first kappa shape index (κ1) is 17.4. The SMILES string of the molecule is Cc1ccc(Nc2ccc(C(C)[N+]3(CC(C)C)C=CC=N3)cn2)cc1. The van der Waals surface area contributed by atoms with Crippen LogP contribution in [0.3, 0.4) is 0 Å². The van der Waals surface area contributed by atoms with E-state index in [2.05, 4.69) is 74.5 Å².